The van der Waals surface area contributed by atoms with Gasteiger partial charge in [-0.2, -0.15) is 0 Å². The monoisotopic (exact) mass is 593 g/mol. The number of hydrogen-bond acceptors (Lipinski definition) is 4. The number of thioether (sulfide) groups is 1. The van der Waals surface area contributed by atoms with Crippen molar-refractivity contribution >= 4 is 22.7 Å². The molecule has 1 N–H and O–H groups in total. The molecule has 0 radical (unpaired) electrons. The summed E-state index contributed by atoms with van der Waals surface area (Å²) in [5, 5.41) is 12.2. The molecule has 0 bridgehead atoms. The number of nitrogens with zero attached hydrogens (tertiary/aromatic N) is 1. The first-order valence-electron chi connectivity index (χ1n) is 14.6. The van der Waals surface area contributed by atoms with Crippen LogP contribution in [0.4, 0.5) is 4.39 Å². The van der Waals surface area contributed by atoms with Gasteiger partial charge in [0.15, 0.2) is 4.75 Å². The lowest BCUT2D eigenvalue weighted by molar-refractivity contribution is -0.123. The van der Waals surface area contributed by atoms with Crippen LogP contribution in [0.2, 0.25) is 0 Å². The zero-order valence-corrected chi connectivity index (χ0v) is 26.1. The van der Waals surface area contributed by atoms with Crippen molar-refractivity contribution in [3.8, 4) is 11.5 Å². The van der Waals surface area contributed by atoms with Crippen LogP contribution in [0.5, 0.6) is 11.5 Å². The highest BCUT2D eigenvalue weighted by Gasteiger charge is 2.62. The average molecular weight is 594 g/mol. The summed E-state index contributed by atoms with van der Waals surface area (Å²) in [5.41, 5.74) is 4.21. The number of hydrogen-bond donors (Lipinski definition) is 1. The number of aliphatic imine (C=N–C) groups is 1. The minimum Gasteiger partial charge on any atom is -0.507 e. The highest BCUT2D eigenvalue weighted by Crippen LogP contribution is 2.61. The number of carbonyl (C=O) groups excluding carboxylic acids is 1. The Morgan fingerprint density at radius 1 is 0.814 bits per heavy atom. The molecule has 2 heterocycles. The van der Waals surface area contributed by atoms with Gasteiger partial charge in [0.05, 0.1) is 0 Å². The van der Waals surface area contributed by atoms with Gasteiger partial charge in [0.1, 0.15) is 28.5 Å². The first kappa shape index (κ1) is 29.2. The molecular weight excluding hydrogens is 557 g/mol. The van der Waals surface area contributed by atoms with E-state index in [4.69, 9.17) is 4.74 Å². The molecule has 0 saturated carbocycles. The molecule has 43 heavy (non-hydrogen) atoms. The Labute approximate surface area is 257 Å². The Kier molecular flexibility index (Phi) is 7.04. The number of rotatable bonds is 3. The molecule has 220 valence electrons. The van der Waals surface area contributed by atoms with Crippen molar-refractivity contribution in [3.05, 3.63) is 130 Å². The van der Waals surface area contributed by atoms with Crippen LogP contribution in [0.25, 0.3) is 0 Å². The van der Waals surface area contributed by atoms with Gasteiger partial charge in [-0.15, -0.1) is 0 Å². The molecule has 6 heteroatoms. The zero-order chi connectivity index (χ0) is 30.7. The Balaban J connectivity index is 1.67. The third-order valence-corrected chi connectivity index (χ3v) is 9.85. The highest BCUT2D eigenvalue weighted by molar-refractivity contribution is 8.16. The van der Waals surface area contributed by atoms with Crippen molar-refractivity contribution < 1.29 is 19.0 Å². The molecule has 0 aliphatic carbocycles. The fraction of sp³-hybridized carbons (Fsp3) is 0.297. The van der Waals surface area contributed by atoms with Gasteiger partial charge in [0.2, 0.25) is 0 Å². The van der Waals surface area contributed by atoms with Crippen molar-refractivity contribution in [3.63, 3.8) is 0 Å². The Bertz CT molecular complexity index is 1700. The normalized spacial score (nSPS) is 21.8. The number of phenolic OH excluding ortho intramolecular Hbond substituents is 1. The van der Waals surface area contributed by atoms with E-state index >= 15 is 0 Å². The summed E-state index contributed by atoms with van der Waals surface area (Å²) in [6.45, 7) is 12.5. The van der Waals surface area contributed by atoms with Crippen LogP contribution >= 0.6 is 11.8 Å². The minimum atomic E-state index is -1.24. The maximum atomic E-state index is 14.6. The Hall–Kier alpha value is -3.90. The number of phenols is 1. The van der Waals surface area contributed by atoms with E-state index in [1.807, 2.05) is 54.6 Å². The maximum absolute atomic E-state index is 14.6. The topological polar surface area (TPSA) is 58.9 Å². The van der Waals surface area contributed by atoms with Crippen LogP contribution in [0.15, 0.2) is 96.0 Å². The summed E-state index contributed by atoms with van der Waals surface area (Å²) in [7, 11) is 0. The molecule has 4 aromatic carbocycles. The SMILES string of the molecule is CC(C)(C)c1cc([C@@H]2c3ccccc3O[C@H](c3ccc(F)cc3)[C@]23SC(c2ccccc2)=NC3=O)cc(C(C)(C)C)c1O. The Morgan fingerprint density at radius 2 is 1.40 bits per heavy atom. The number of amides is 1. The largest absolute Gasteiger partial charge is 0.507 e. The van der Waals surface area contributed by atoms with Crippen molar-refractivity contribution in [2.75, 3.05) is 0 Å². The smallest absolute Gasteiger partial charge is 0.268 e. The lowest BCUT2D eigenvalue weighted by Crippen LogP contribution is -2.49. The maximum Gasteiger partial charge on any atom is 0.268 e. The first-order chi connectivity index (χ1) is 20.3. The van der Waals surface area contributed by atoms with Crippen molar-refractivity contribution in [2.24, 2.45) is 4.99 Å². The molecule has 6 rings (SSSR count). The summed E-state index contributed by atoms with van der Waals surface area (Å²) in [6, 6.07) is 27.8. The molecule has 4 aromatic rings. The van der Waals surface area contributed by atoms with Gasteiger partial charge < -0.3 is 9.84 Å². The third kappa shape index (κ3) is 4.96. The number of para-hydroxylation sites is 1. The third-order valence-electron chi connectivity index (χ3n) is 8.37. The zero-order valence-electron chi connectivity index (χ0n) is 25.3. The minimum absolute atomic E-state index is 0.278. The van der Waals surface area contributed by atoms with Crippen LogP contribution in [-0.4, -0.2) is 20.8 Å². The summed E-state index contributed by atoms with van der Waals surface area (Å²) < 4.78 is 19.7. The van der Waals surface area contributed by atoms with Gasteiger partial charge in [0, 0.05) is 17.0 Å². The molecule has 1 spiro atoms. The van der Waals surface area contributed by atoms with Crippen LogP contribution in [-0.2, 0) is 15.6 Å². The number of halogens is 1. The number of aromatic hydroxyl groups is 1. The summed E-state index contributed by atoms with van der Waals surface area (Å²) >= 11 is 1.42. The lowest BCUT2D eigenvalue weighted by Gasteiger charge is -2.46. The number of fused-ring (bicyclic) bond motifs is 1. The van der Waals surface area contributed by atoms with Gasteiger partial charge in [-0.1, -0.05) is 126 Å². The second-order valence-electron chi connectivity index (χ2n) is 13.5. The molecule has 1 amide bonds. The van der Waals surface area contributed by atoms with Gasteiger partial charge in [0.25, 0.3) is 5.91 Å². The number of ether oxygens (including phenoxy) is 1. The predicted octanol–water partition coefficient (Wildman–Crippen LogP) is 8.85. The lowest BCUT2D eigenvalue weighted by atomic mass is 9.70. The van der Waals surface area contributed by atoms with Gasteiger partial charge >= 0.3 is 0 Å². The summed E-state index contributed by atoms with van der Waals surface area (Å²) in [4.78, 5) is 19.3. The Morgan fingerprint density at radius 3 is 2.00 bits per heavy atom. The van der Waals surface area contributed by atoms with Gasteiger partial charge in [-0.3, -0.25) is 4.79 Å². The van der Waals surface area contributed by atoms with Crippen LogP contribution in [0.3, 0.4) is 0 Å². The van der Waals surface area contributed by atoms with E-state index in [2.05, 4.69) is 58.7 Å². The van der Waals surface area contributed by atoms with Gasteiger partial charge in [-0.25, -0.2) is 9.38 Å². The molecule has 3 atom stereocenters. The second kappa shape index (κ2) is 10.4. The summed E-state index contributed by atoms with van der Waals surface area (Å²) in [5.74, 6) is -0.206. The van der Waals surface area contributed by atoms with Gasteiger partial charge in [-0.05, 0) is 51.3 Å². The average Bonchev–Trinajstić information content (AvgIpc) is 3.29. The molecule has 4 nitrogen and oxygen atoms in total. The van der Waals surface area contributed by atoms with Crippen molar-refractivity contribution in [2.45, 2.75) is 69.1 Å². The standard InChI is InChI=1S/C37H36FNO3S/c1-35(2,3)27-20-24(21-28(31(27)40)36(4,5)6)30-26-14-10-11-15-29(26)42-32(22-16-18-25(38)19-17-22)37(30)34(41)39-33(43-37)23-12-8-7-9-13-23/h7-21,30,32,40H,1-6H3/t30-,32-,37-/m1/s1. The summed E-state index contributed by atoms with van der Waals surface area (Å²) in [6.07, 6.45) is -0.763. The van der Waals surface area contributed by atoms with E-state index in [-0.39, 0.29) is 28.3 Å². The van der Waals surface area contributed by atoms with Crippen LogP contribution in [0.1, 0.15) is 86.9 Å². The molecule has 2 aliphatic heterocycles. The molecule has 0 aromatic heterocycles. The highest BCUT2D eigenvalue weighted by atomic mass is 32.2. The number of benzene rings is 4. The van der Waals surface area contributed by atoms with E-state index in [0.29, 0.717) is 16.4 Å². The van der Waals surface area contributed by atoms with Crippen molar-refractivity contribution in [1.29, 1.82) is 0 Å². The second-order valence-corrected chi connectivity index (χ2v) is 14.7. The molecule has 2 aliphatic rings. The quantitative estimate of drug-likeness (QED) is 0.258. The van der Waals surface area contributed by atoms with Crippen LogP contribution < -0.4 is 4.74 Å². The van der Waals surface area contributed by atoms with Crippen LogP contribution in [0, 0.1) is 5.82 Å². The van der Waals surface area contributed by atoms with E-state index in [1.165, 1.54) is 23.9 Å². The van der Waals surface area contributed by atoms with E-state index in [9.17, 15) is 14.3 Å². The molecule has 0 fully saturated rings. The van der Waals surface area contributed by atoms with E-state index in [1.54, 1.807) is 12.1 Å². The molecular formula is C37H36FNO3S. The number of carbonyl (C=O) groups is 1. The van der Waals surface area contributed by atoms with Crippen molar-refractivity contribution in [1.82, 2.24) is 0 Å². The fourth-order valence-corrected chi connectivity index (χ4v) is 7.74. The van der Waals surface area contributed by atoms with E-state index < -0.39 is 16.8 Å². The molecule has 0 unspecified atom stereocenters. The molecule has 0 saturated heterocycles. The fourth-order valence-electron chi connectivity index (χ4n) is 6.23. The first-order valence-corrected chi connectivity index (χ1v) is 15.4. The predicted molar refractivity (Wildman–Crippen MR) is 172 cm³/mol. The van der Waals surface area contributed by atoms with E-state index in [0.717, 1.165) is 27.8 Å².